The maximum atomic E-state index is 10.4. The first-order valence-corrected chi connectivity index (χ1v) is 4.85. The van der Waals surface area contributed by atoms with Crippen molar-refractivity contribution in [3.63, 3.8) is 0 Å². The molecule has 0 saturated heterocycles. The molecule has 0 heterocycles. The quantitative estimate of drug-likeness (QED) is 0.340. The third-order valence-electron chi connectivity index (χ3n) is 1.94. The molecule has 0 aliphatic rings. The number of carbonyl (C=O) groups is 2. The molecule has 0 aliphatic carbocycles. The Morgan fingerprint density at radius 2 is 2.07 bits per heavy atom. The molecular formula is C10H18O4. The number of carbonyl (C=O) groups excluding carboxylic acids is 2. The smallest absolute Gasteiger partial charge is 0.302 e. The van der Waals surface area contributed by atoms with Crippen molar-refractivity contribution in [1.82, 2.24) is 0 Å². The van der Waals surface area contributed by atoms with Crippen molar-refractivity contribution in [2.24, 2.45) is 5.92 Å². The van der Waals surface area contributed by atoms with E-state index < -0.39 is 0 Å². The van der Waals surface area contributed by atoms with Crippen molar-refractivity contribution in [3.05, 3.63) is 0 Å². The summed E-state index contributed by atoms with van der Waals surface area (Å²) in [6, 6.07) is 0. The van der Waals surface area contributed by atoms with E-state index in [0.29, 0.717) is 25.6 Å². The molecule has 0 radical (unpaired) electrons. The highest BCUT2D eigenvalue weighted by Crippen LogP contribution is 2.10. The van der Waals surface area contributed by atoms with Crippen LogP contribution in [0.15, 0.2) is 0 Å². The minimum absolute atomic E-state index is 0.235. The molecule has 82 valence electrons. The van der Waals surface area contributed by atoms with Crippen LogP contribution in [0.4, 0.5) is 0 Å². The second kappa shape index (κ2) is 8.53. The molecule has 0 amide bonds. The minimum atomic E-state index is -0.235. The molecule has 0 rings (SSSR count). The summed E-state index contributed by atoms with van der Waals surface area (Å²) in [6.45, 7) is 4.91. The summed E-state index contributed by atoms with van der Waals surface area (Å²) in [5.74, 6) is 0.256. The number of hydrogen-bond acceptors (Lipinski definition) is 4. The van der Waals surface area contributed by atoms with Gasteiger partial charge in [0.05, 0.1) is 13.2 Å². The lowest BCUT2D eigenvalue weighted by Crippen LogP contribution is -2.06. The van der Waals surface area contributed by atoms with Gasteiger partial charge in [0, 0.05) is 6.92 Å². The van der Waals surface area contributed by atoms with E-state index in [9.17, 15) is 9.59 Å². The van der Waals surface area contributed by atoms with E-state index >= 15 is 0 Å². The van der Waals surface area contributed by atoms with E-state index in [-0.39, 0.29) is 5.97 Å². The van der Waals surface area contributed by atoms with Crippen LogP contribution in [0.1, 0.15) is 33.1 Å². The predicted octanol–water partition coefficient (Wildman–Crippen LogP) is 1.53. The monoisotopic (exact) mass is 202 g/mol. The highest BCUT2D eigenvalue weighted by atomic mass is 16.5. The van der Waals surface area contributed by atoms with Gasteiger partial charge in [-0.1, -0.05) is 6.92 Å². The Morgan fingerprint density at radius 3 is 2.64 bits per heavy atom. The van der Waals surface area contributed by atoms with Gasteiger partial charge in [0.15, 0.2) is 0 Å². The van der Waals surface area contributed by atoms with Crippen molar-refractivity contribution < 1.29 is 19.1 Å². The van der Waals surface area contributed by atoms with Gasteiger partial charge in [-0.3, -0.25) is 9.59 Å². The van der Waals surface area contributed by atoms with Crippen molar-refractivity contribution in [1.29, 1.82) is 0 Å². The number of hydrogen-bond donors (Lipinski definition) is 0. The maximum absolute atomic E-state index is 10.4. The van der Waals surface area contributed by atoms with Crippen molar-refractivity contribution in [2.75, 3.05) is 13.2 Å². The van der Waals surface area contributed by atoms with Gasteiger partial charge in [0.2, 0.25) is 0 Å². The molecule has 4 heteroatoms. The average Bonchev–Trinajstić information content (AvgIpc) is 2.12. The number of rotatable bonds is 8. The second-order valence-electron chi connectivity index (χ2n) is 3.34. The fourth-order valence-electron chi connectivity index (χ4n) is 1.11. The van der Waals surface area contributed by atoms with E-state index in [0.717, 1.165) is 19.3 Å². The Bertz CT molecular complexity index is 168. The molecule has 0 aromatic carbocycles. The van der Waals surface area contributed by atoms with Gasteiger partial charge in [0.1, 0.15) is 0 Å². The van der Waals surface area contributed by atoms with Crippen LogP contribution < -0.4 is 0 Å². The largest absolute Gasteiger partial charge is 0.468 e. The van der Waals surface area contributed by atoms with Crippen LogP contribution in [0.25, 0.3) is 0 Å². The Balaban J connectivity index is 3.23. The standard InChI is InChI=1S/C10H18O4/c1-9(4-3-6-13-8-11)5-7-14-10(2)12/h8-9H,3-7H2,1-2H3. The van der Waals surface area contributed by atoms with E-state index in [4.69, 9.17) is 4.74 Å². The van der Waals surface area contributed by atoms with Gasteiger partial charge in [-0.15, -0.1) is 0 Å². The van der Waals surface area contributed by atoms with Crippen LogP contribution >= 0.6 is 0 Å². The molecule has 1 atom stereocenters. The Kier molecular flexibility index (Phi) is 7.89. The summed E-state index contributed by atoms with van der Waals surface area (Å²) in [5.41, 5.74) is 0. The predicted molar refractivity (Wildman–Crippen MR) is 51.7 cm³/mol. The third-order valence-corrected chi connectivity index (χ3v) is 1.94. The number of ether oxygens (including phenoxy) is 2. The topological polar surface area (TPSA) is 52.6 Å². The molecule has 4 nitrogen and oxygen atoms in total. The molecule has 0 spiro atoms. The van der Waals surface area contributed by atoms with E-state index in [1.165, 1.54) is 6.92 Å². The highest BCUT2D eigenvalue weighted by Gasteiger charge is 2.03. The zero-order valence-electron chi connectivity index (χ0n) is 8.82. The van der Waals surface area contributed by atoms with Crippen molar-refractivity contribution in [3.8, 4) is 0 Å². The summed E-state index contributed by atoms with van der Waals surface area (Å²) in [4.78, 5) is 20.3. The fourth-order valence-corrected chi connectivity index (χ4v) is 1.11. The summed E-state index contributed by atoms with van der Waals surface area (Å²) >= 11 is 0. The van der Waals surface area contributed by atoms with Crippen LogP contribution in [0.2, 0.25) is 0 Å². The Morgan fingerprint density at radius 1 is 1.36 bits per heavy atom. The first-order chi connectivity index (χ1) is 6.66. The SMILES string of the molecule is CC(=O)OCCC(C)CCCOC=O. The van der Waals surface area contributed by atoms with E-state index in [2.05, 4.69) is 11.7 Å². The summed E-state index contributed by atoms with van der Waals surface area (Å²) in [6.07, 6.45) is 2.70. The van der Waals surface area contributed by atoms with Gasteiger partial charge in [-0.2, -0.15) is 0 Å². The minimum Gasteiger partial charge on any atom is -0.468 e. The molecule has 0 fully saturated rings. The van der Waals surface area contributed by atoms with Gasteiger partial charge < -0.3 is 9.47 Å². The van der Waals surface area contributed by atoms with Gasteiger partial charge >= 0.3 is 5.97 Å². The lowest BCUT2D eigenvalue weighted by atomic mass is 10.0. The molecule has 0 bridgehead atoms. The Hall–Kier alpha value is -1.06. The fraction of sp³-hybridized carbons (Fsp3) is 0.800. The second-order valence-corrected chi connectivity index (χ2v) is 3.34. The summed E-state index contributed by atoms with van der Waals surface area (Å²) in [7, 11) is 0. The average molecular weight is 202 g/mol. The van der Waals surface area contributed by atoms with Crippen LogP contribution in [-0.2, 0) is 19.1 Å². The van der Waals surface area contributed by atoms with Crippen molar-refractivity contribution in [2.45, 2.75) is 33.1 Å². The van der Waals surface area contributed by atoms with Crippen LogP contribution in [0.3, 0.4) is 0 Å². The van der Waals surface area contributed by atoms with Crippen LogP contribution in [0.5, 0.6) is 0 Å². The third kappa shape index (κ3) is 9.03. The molecule has 14 heavy (non-hydrogen) atoms. The van der Waals surface area contributed by atoms with Crippen LogP contribution in [-0.4, -0.2) is 25.7 Å². The summed E-state index contributed by atoms with van der Waals surface area (Å²) in [5, 5.41) is 0. The summed E-state index contributed by atoms with van der Waals surface area (Å²) < 4.78 is 9.37. The molecule has 0 aromatic rings. The normalized spacial score (nSPS) is 11.9. The van der Waals surface area contributed by atoms with Gasteiger partial charge in [-0.25, -0.2) is 0 Å². The molecule has 0 aromatic heterocycles. The lowest BCUT2D eigenvalue weighted by molar-refractivity contribution is -0.141. The van der Waals surface area contributed by atoms with E-state index in [1.807, 2.05) is 0 Å². The van der Waals surface area contributed by atoms with Crippen molar-refractivity contribution >= 4 is 12.4 Å². The molecular weight excluding hydrogens is 184 g/mol. The zero-order chi connectivity index (χ0) is 10.8. The molecule has 1 unspecified atom stereocenters. The molecule has 0 aliphatic heterocycles. The highest BCUT2D eigenvalue weighted by molar-refractivity contribution is 5.65. The first-order valence-electron chi connectivity index (χ1n) is 4.85. The molecule has 0 saturated carbocycles. The van der Waals surface area contributed by atoms with E-state index in [1.54, 1.807) is 0 Å². The Labute approximate surface area is 84.6 Å². The number of esters is 1. The zero-order valence-corrected chi connectivity index (χ0v) is 8.82. The maximum Gasteiger partial charge on any atom is 0.302 e. The molecule has 0 N–H and O–H groups in total. The van der Waals surface area contributed by atoms with Crippen LogP contribution in [0, 0.1) is 5.92 Å². The lowest BCUT2D eigenvalue weighted by Gasteiger charge is -2.10. The first kappa shape index (κ1) is 12.9. The van der Waals surface area contributed by atoms with Gasteiger partial charge in [0.25, 0.3) is 6.47 Å². The van der Waals surface area contributed by atoms with Gasteiger partial charge in [-0.05, 0) is 25.2 Å².